The van der Waals surface area contributed by atoms with Crippen LogP contribution in [0.25, 0.3) is 0 Å². The van der Waals surface area contributed by atoms with Gasteiger partial charge in [0, 0.05) is 19.3 Å². The number of carbonyl (C=O) groups is 2. The van der Waals surface area contributed by atoms with Gasteiger partial charge in [-0.2, -0.15) is 0 Å². The first kappa shape index (κ1) is 23.3. The molecule has 1 saturated carbocycles. The molecule has 0 radical (unpaired) electrons. The molecule has 32 heavy (non-hydrogen) atoms. The molecule has 2 aromatic carbocycles. The Balaban J connectivity index is 1.69. The number of esters is 2. The molecule has 1 aliphatic carbocycles. The van der Waals surface area contributed by atoms with Crippen molar-refractivity contribution in [1.82, 2.24) is 0 Å². The predicted molar refractivity (Wildman–Crippen MR) is 125 cm³/mol. The van der Waals surface area contributed by atoms with E-state index in [0.717, 1.165) is 24.0 Å². The maximum Gasteiger partial charge on any atom is 0.324 e. The van der Waals surface area contributed by atoms with Crippen molar-refractivity contribution in [3.05, 3.63) is 83.4 Å². The monoisotopic (exact) mass is 430 g/mol. The Morgan fingerprint density at radius 1 is 0.875 bits per heavy atom. The second-order valence-electron chi connectivity index (χ2n) is 8.00. The van der Waals surface area contributed by atoms with Gasteiger partial charge in [-0.3, -0.25) is 9.59 Å². The Hall–Kier alpha value is -3.32. The van der Waals surface area contributed by atoms with Crippen molar-refractivity contribution in [3.63, 3.8) is 0 Å². The third kappa shape index (κ3) is 6.85. The normalized spacial score (nSPS) is 12.3. The van der Waals surface area contributed by atoms with Gasteiger partial charge in [0.15, 0.2) is 5.41 Å². The quantitative estimate of drug-likeness (QED) is 0.216. The fourth-order valence-corrected chi connectivity index (χ4v) is 3.39. The Labute approximate surface area is 190 Å². The number of carbonyl (C=O) groups excluding carboxylic acids is 2. The Kier molecular flexibility index (Phi) is 8.69. The van der Waals surface area contributed by atoms with E-state index >= 15 is 0 Å². The van der Waals surface area contributed by atoms with Gasteiger partial charge in [-0.15, -0.1) is 11.8 Å². The summed E-state index contributed by atoms with van der Waals surface area (Å²) in [5.74, 6) is 4.63. The minimum atomic E-state index is -1.44. The zero-order valence-electron chi connectivity index (χ0n) is 18.6. The largest absolute Gasteiger partial charge is 0.464 e. The van der Waals surface area contributed by atoms with Crippen LogP contribution in [0.1, 0.15) is 43.7 Å². The molecule has 4 heteroatoms. The van der Waals surface area contributed by atoms with Crippen molar-refractivity contribution in [2.45, 2.75) is 45.4 Å². The molecule has 0 amide bonds. The van der Waals surface area contributed by atoms with Crippen LogP contribution in [0.2, 0.25) is 0 Å². The molecular formula is C28H30O4. The van der Waals surface area contributed by atoms with Crippen molar-refractivity contribution in [1.29, 1.82) is 0 Å². The standard InChI is InChI=1S/C28H30O4/c1-2-3-19-28(20-16-25-14-15-25,26(29)31-21-17-23-10-6-4-7-11-23)27(30)32-22-18-24-12-8-5-9-13-24/h4-13,16H,14-15,17-22H2,1H3. The Morgan fingerprint density at radius 3 is 1.81 bits per heavy atom. The van der Waals surface area contributed by atoms with E-state index in [-0.39, 0.29) is 26.1 Å². The Morgan fingerprint density at radius 2 is 1.38 bits per heavy atom. The molecule has 0 atom stereocenters. The number of hydrogen-bond donors (Lipinski definition) is 0. The highest BCUT2D eigenvalue weighted by Crippen LogP contribution is 2.36. The molecule has 0 unspecified atom stereocenters. The van der Waals surface area contributed by atoms with E-state index in [0.29, 0.717) is 12.8 Å². The summed E-state index contributed by atoms with van der Waals surface area (Å²) < 4.78 is 11.2. The molecule has 0 bridgehead atoms. The summed E-state index contributed by atoms with van der Waals surface area (Å²) in [5, 5.41) is 0. The summed E-state index contributed by atoms with van der Waals surface area (Å²) in [4.78, 5) is 26.5. The van der Waals surface area contributed by atoms with E-state index in [1.54, 1.807) is 6.92 Å². The molecule has 0 aliphatic heterocycles. The Bertz CT molecular complexity index is 917. The first-order valence-corrected chi connectivity index (χ1v) is 11.1. The number of benzene rings is 2. The molecule has 1 aliphatic rings. The maximum absolute atomic E-state index is 13.2. The lowest BCUT2D eigenvalue weighted by atomic mass is 9.80. The molecule has 4 nitrogen and oxygen atoms in total. The first-order chi connectivity index (χ1) is 15.6. The highest BCUT2D eigenvalue weighted by molar-refractivity contribution is 6.00. The van der Waals surface area contributed by atoms with Crippen molar-refractivity contribution in [2.75, 3.05) is 13.2 Å². The molecule has 0 spiro atoms. The van der Waals surface area contributed by atoms with Crippen LogP contribution in [-0.4, -0.2) is 25.2 Å². The smallest absolute Gasteiger partial charge is 0.324 e. The third-order valence-electron chi connectivity index (χ3n) is 5.56. The molecular weight excluding hydrogens is 400 g/mol. The second-order valence-corrected chi connectivity index (χ2v) is 8.00. The van der Waals surface area contributed by atoms with E-state index in [2.05, 4.69) is 11.8 Å². The van der Waals surface area contributed by atoms with E-state index in [1.807, 2.05) is 66.7 Å². The van der Waals surface area contributed by atoms with Crippen molar-refractivity contribution in [2.24, 2.45) is 5.41 Å². The van der Waals surface area contributed by atoms with Gasteiger partial charge in [0.25, 0.3) is 0 Å². The van der Waals surface area contributed by atoms with Gasteiger partial charge in [0.1, 0.15) is 0 Å². The molecule has 0 saturated heterocycles. The highest BCUT2D eigenvalue weighted by Gasteiger charge is 2.48. The number of rotatable bonds is 11. The first-order valence-electron chi connectivity index (χ1n) is 11.1. The van der Waals surface area contributed by atoms with Gasteiger partial charge in [-0.1, -0.05) is 72.3 Å². The van der Waals surface area contributed by atoms with Crippen LogP contribution in [0.5, 0.6) is 0 Å². The predicted octanol–water partition coefficient (Wildman–Crippen LogP) is 5.07. The molecule has 1 fully saturated rings. The topological polar surface area (TPSA) is 52.6 Å². The van der Waals surface area contributed by atoms with E-state index in [9.17, 15) is 9.59 Å². The molecule has 0 N–H and O–H groups in total. The van der Waals surface area contributed by atoms with Crippen molar-refractivity contribution < 1.29 is 19.1 Å². The number of ether oxygens (including phenoxy) is 2. The van der Waals surface area contributed by atoms with Gasteiger partial charge in [-0.25, -0.2) is 0 Å². The summed E-state index contributed by atoms with van der Waals surface area (Å²) >= 11 is 0. The van der Waals surface area contributed by atoms with Crippen LogP contribution >= 0.6 is 0 Å². The zero-order valence-corrected chi connectivity index (χ0v) is 18.6. The minimum absolute atomic E-state index is 0.0849. The average Bonchev–Trinajstić information content (AvgIpc) is 3.65. The SMILES string of the molecule is CC#CCC(CC=C1CC1)(C(=O)OCCc1ccccc1)C(=O)OCCc1ccccc1. The summed E-state index contributed by atoms with van der Waals surface area (Å²) in [6.45, 7) is 2.11. The zero-order chi connectivity index (χ0) is 22.7. The highest BCUT2D eigenvalue weighted by atomic mass is 16.6. The van der Waals surface area contributed by atoms with E-state index in [1.165, 1.54) is 5.57 Å². The summed E-state index contributed by atoms with van der Waals surface area (Å²) in [6.07, 6.45) is 5.53. The van der Waals surface area contributed by atoms with Crippen molar-refractivity contribution >= 4 is 11.9 Å². The van der Waals surface area contributed by atoms with Crippen molar-refractivity contribution in [3.8, 4) is 11.8 Å². The second kappa shape index (κ2) is 11.9. The van der Waals surface area contributed by atoms with Crippen LogP contribution in [0, 0.1) is 17.3 Å². The summed E-state index contributed by atoms with van der Waals surface area (Å²) in [6, 6.07) is 19.6. The maximum atomic E-state index is 13.2. The van der Waals surface area contributed by atoms with Gasteiger partial charge in [-0.05, 0) is 37.3 Å². The lowest BCUT2D eigenvalue weighted by Crippen LogP contribution is -2.42. The van der Waals surface area contributed by atoms with Crippen LogP contribution in [0.4, 0.5) is 0 Å². The third-order valence-corrected chi connectivity index (χ3v) is 5.56. The van der Waals surface area contributed by atoms with E-state index in [4.69, 9.17) is 9.47 Å². The van der Waals surface area contributed by atoms with Crippen LogP contribution in [0.3, 0.4) is 0 Å². The van der Waals surface area contributed by atoms with Gasteiger partial charge in [0.2, 0.25) is 0 Å². The minimum Gasteiger partial charge on any atom is -0.464 e. The summed E-state index contributed by atoms with van der Waals surface area (Å²) in [5.41, 5.74) is 1.97. The van der Waals surface area contributed by atoms with Crippen LogP contribution in [-0.2, 0) is 31.9 Å². The fraction of sp³-hybridized carbons (Fsp3) is 0.357. The molecule has 3 rings (SSSR count). The van der Waals surface area contributed by atoms with Gasteiger partial charge >= 0.3 is 11.9 Å². The lowest BCUT2D eigenvalue weighted by molar-refractivity contribution is -0.172. The van der Waals surface area contributed by atoms with E-state index < -0.39 is 17.4 Å². The molecule has 0 heterocycles. The average molecular weight is 431 g/mol. The lowest BCUT2D eigenvalue weighted by Gasteiger charge is -2.27. The number of allylic oxidation sites excluding steroid dienone is 2. The molecule has 166 valence electrons. The summed E-state index contributed by atoms with van der Waals surface area (Å²) in [7, 11) is 0. The van der Waals surface area contributed by atoms with Crippen LogP contribution in [0.15, 0.2) is 72.3 Å². The van der Waals surface area contributed by atoms with Gasteiger partial charge in [0.05, 0.1) is 13.2 Å². The van der Waals surface area contributed by atoms with Gasteiger partial charge < -0.3 is 9.47 Å². The molecule has 0 aromatic heterocycles. The molecule has 2 aromatic rings. The van der Waals surface area contributed by atoms with Crippen LogP contribution < -0.4 is 0 Å². The number of hydrogen-bond acceptors (Lipinski definition) is 4. The fourth-order valence-electron chi connectivity index (χ4n) is 3.39.